The molecular formula is C14H19NO2. The quantitative estimate of drug-likeness (QED) is 0.846. The Morgan fingerprint density at radius 3 is 3.18 bits per heavy atom. The summed E-state index contributed by atoms with van der Waals surface area (Å²) >= 11 is 0. The molecule has 2 aliphatic rings. The summed E-state index contributed by atoms with van der Waals surface area (Å²) in [5, 5.41) is 3.39. The van der Waals surface area contributed by atoms with Crippen molar-refractivity contribution in [3.63, 3.8) is 0 Å². The summed E-state index contributed by atoms with van der Waals surface area (Å²) in [6.07, 6.45) is 3.58. The SMILES string of the molecule is c1cc2c(cc1OC1CCCOC1)CNCC2. The Kier molecular flexibility index (Phi) is 3.29. The molecule has 3 nitrogen and oxygen atoms in total. The van der Waals surface area contributed by atoms with Crippen molar-refractivity contribution < 1.29 is 9.47 Å². The van der Waals surface area contributed by atoms with E-state index in [0.29, 0.717) is 0 Å². The predicted octanol–water partition coefficient (Wildman–Crippen LogP) is 1.89. The first kappa shape index (κ1) is 11.1. The maximum absolute atomic E-state index is 5.97. The molecule has 1 atom stereocenters. The lowest BCUT2D eigenvalue weighted by Crippen LogP contribution is -2.28. The van der Waals surface area contributed by atoms with E-state index in [4.69, 9.17) is 9.47 Å². The lowest BCUT2D eigenvalue weighted by molar-refractivity contribution is 0.00738. The zero-order chi connectivity index (χ0) is 11.5. The molecule has 1 unspecified atom stereocenters. The molecule has 0 saturated carbocycles. The van der Waals surface area contributed by atoms with Crippen LogP contribution in [0.2, 0.25) is 0 Å². The standard InChI is InChI=1S/C14H19NO2/c1-2-14(10-16-7-1)17-13-4-3-11-5-6-15-9-12(11)8-13/h3-4,8,14-15H,1-2,5-7,9-10H2. The van der Waals surface area contributed by atoms with Crippen molar-refractivity contribution in [2.24, 2.45) is 0 Å². The molecule has 3 heteroatoms. The second-order valence-corrected chi connectivity index (χ2v) is 4.81. The number of hydrogen-bond acceptors (Lipinski definition) is 3. The van der Waals surface area contributed by atoms with Gasteiger partial charge in [-0.3, -0.25) is 0 Å². The van der Waals surface area contributed by atoms with Crippen LogP contribution in [0.15, 0.2) is 18.2 Å². The number of hydrogen-bond donors (Lipinski definition) is 1. The average Bonchev–Trinajstić information content (AvgIpc) is 2.40. The third-order valence-corrected chi connectivity index (χ3v) is 3.49. The van der Waals surface area contributed by atoms with Crippen molar-refractivity contribution in [3.8, 4) is 5.75 Å². The highest BCUT2D eigenvalue weighted by Crippen LogP contribution is 2.23. The van der Waals surface area contributed by atoms with Crippen LogP contribution in [0.3, 0.4) is 0 Å². The van der Waals surface area contributed by atoms with E-state index in [2.05, 4.69) is 23.5 Å². The largest absolute Gasteiger partial charge is 0.488 e. The molecule has 92 valence electrons. The minimum absolute atomic E-state index is 0.235. The van der Waals surface area contributed by atoms with Crippen molar-refractivity contribution in [1.29, 1.82) is 0 Å². The minimum atomic E-state index is 0.235. The molecule has 2 aliphatic heterocycles. The number of benzene rings is 1. The molecule has 1 N–H and O–H groups in total. The van der Waals surface area contributed by atoms with E-state index >= 15 is 0 Å². The lowest BCUT2D eigenvalue weighted by Gasteiger charge is -2.24. The average molecular weight is 233 g/mol. The van der Waals surface area contributed by atoms with Gasteiger partial charge in [-0.1, -0.05) is 6.07 Å². The highest BCUT2D eigenvalue weighted by atomic mass is 16.5. The normalized spacial score (nSPS) is 24.1. The fourth-order valence-corrected chi connectivity index (χ4v) is 2.53. The molecule has 2 heterocycles. The molecule has 1 saturated heterocycles. The van der Waals surface area contributed by atoms with Gasteiger partial charge in [-0.2, -0.15) is 0 Å². The van der Waals surface area contributed by atoms with Crippen LogP contribution in [0.25, 0.3) is 0 Å². The van der Waals surface area contributed by atoms with Gasteiger partial charge in [-0.05, 0) is 49.1 Å². The fraction of sp³-hybridized carbons (Fsp3) is 0.571. The Morgan fingerprint density at radius 1 is 1.29 bits per heavy atom. The maximum atomic E-state index is 5.97. The molecule has 0 aromatic heterocycles. The fourth-order valence-electron chi connectivity index (χ4n) is 2.53. The first-order chi connectivity index (χ1) is 8.42. The number of nitrogens with one attached hydrogen (secondary N) is 1. The predicted molar refractivity (Wildman–Crippen MR) is 66.3 cm³/mol. The Balaban J connectivity index is 1.70. The molecule has 3 rings (SSSR count). The van der Waals surface area contributed by atoms with Gasteiger partial charge >= 0.3 is 0 Å². The second kappa shape index (κ2) is 5.07. The van der Waals surface area contributed by atoms with Gasteiger partial charge in [0.05, 0.1) is 6.61 Å². The molecule has 0 aliphatic carbocycles. The summed E-state index contributed by atoms with van der Waals surface area (Å²) in [5.74, 6) is 0.989. The molecular weight excluding hydrogens is 214 g/mol. The van der Waals surface area contributed by atoms with Crippen LogP contribution in [0, 0.1) is 0 Å². The molecule has 0 radical (unpaired) electrons. The third-order valence-electron chi connectivity index (χ3n) is 3.49. The minimum Gasteiger partial charge on any atom is -0.488 e. The van der Waals surface area contributed by atoms with Crippen molar-refractivity contribution in [1.82, 2.24) is 5.32 Å². The zero-order valence-electron chi connectivity index (χ0n) is 10.1. The van der Waals surface area contributed by atoms with Crippen LogP contribution in [-0.4, -0.2) is 25.9 Å². The van der Waals surface area contributed by atoms with E-state index in [1.165, 1.54) is 11.1 Å². The van der Waals surface area contributed by atoms with E-state index in [9.17, 15) is 0 Å². The van der Waals surface area contributed by atoms with Gasteiger partial charge in [0, 0.05) is 13.2 Å². The summed E-state index contributed by atoms with van der Waals surface area (Å²) in [6.45, 7) is 3.67. The topological polar surface area (TPSA) is 30.5 Å². The summed E-state index contributed by atoms with van der Waals surface area (Å²) in [5.41, 5.74) is 2.83. The highest BCUT2D eigenvalue weighted by molar-refractivity contribution is 5.37. The van der Waals surface area contributed by atoms with Crippen molar-refractivity contribution >= 4 is 0 Å². The van der Waals surface area contributed by atoms with Crippen LogP contribution in [-0.2, 0) is 17.7 Å². The van der Waals surface area contributed by atoms with Gasteiger partial charge in [0.1, 0.15) is 11.9 Å². The monoisotopic (exact) mass is 233 g/mol. The van der Waals surface area contributed by atoms with Crippen LogP contribution in [0.4, 0.5) is 0 Å². The van der Waals surface area contributed by atoms with Gasteiger partial charge in [0.25, 0.3) is 0 Å². The highest BCUT2D eigenvalue weighted by Gasteiger charge is 2.16. The number of rotatable bonds is 2. The maximum Gasteiger partial charge on any atom is 0.122 e. The van der Waals surface area contributed by atoms with Gasteiger partial charge < -0.3 is 14.8 Å². The van der Waals surface area contributed by atoms with Crippen LogP contribution in [0.1, 0.15) is 24.0 Å². The Hall–Kier alpha value is -1.06. The van der Waals surface area contributed by atoms with Crippen molar-refractivity contribution in [2.75, 3.05) is 19.8 Å². The summed E-state index contributed by atoms with van der Waals surface area (Å²) < 4.78 is 11.4. The van der Waals surface area contributed by atoms with E-state index < -0.39 is 0 Å². The summed E-state index contributed by atoms with van der Waals surface area (Å²) in [7, 11) is 0. The van der Waals surface area contributed by atoms with Gasteiger partial charge in [0.2, 0.25) is 0 Å². The molecule has 0 amide bonds. The molecule has 0 spiro atoms. The van der Waals surface area contributed by atoms with E-state index in [1.807, 2.05) is 0 Å². The first-order valence-electron chi connectivity index (χ1n) is 6.49. The Morgan fingerprint density at radius 2 is 2.29 bits per heavy atom. The first-order valence-corrected chi connectivity index (χ1v) is 6.49. The smallest absolute Gasteiger partial charge is 0.122 e. The Bertz CT molecular complexity index is 386. The van der Waals surface area contributed by atoms with Crippen LogP contribution >= 0.6 is 0 Å². The summed E-state index contributed by atoms with van der Waals surface area (Å²) in [4.78, 5) is 0. The van der Waals surface area contributed by atoms with E-state index in [1.54, 1.807) is 0 Å². The zero-order valence-corrected chi connectivity index (χ0v) is 10.1. The molecule has 1 aromatic rings. The van der Waals surface area contributed by atoms with Gasteiger partial charge in [-0.15, -0.1) is 0 Å². The van der Waals surface area contributed by atoms with Gasteiger partial charge in [0.15, 0.2) is 0 Å². The molecule has 17 heavy (non-hydrogen) atoms. The summed E-state index contributed by atoms with van der Waals surface area (Å²) in [6, 6.07) is 6.48. The molecule has 1 aromatic carbocycles. The van der Waals surface area contributed by atoms with E-state index in [0.717, 1.165) is 51.3 Å². The molecule has 1 fully saturated rings. The van der Waals surface area contributed by atoms with Gasteiger partial charge in [-0.25, -0.2) is 0 Å². The van der Waals surface area contributed by atoms with Crippen molar-refractivity contribution in [3.05, 3.63) is 29.3 Å². The second-order valence-electron chi connectivity index (χ2n) is 4.81. The number of ether oxygens (including phenoxy) is 2. The lowest BCUT2D eigenvalue weighted by atomic mass is 10.0. The molecule has 0 bridgehead atoms. The van der Waals surface area contributed by atoms with Crippen LogP contribution in [0.5, 0.6) is 5.75 Å². The Labute approximate surface area is 102 Å². The van der Waals surface area contributed by atoms with Crippen molar-refractivity contribution in [2.45, 2.75) is 31.9 Å². The van der Waals surface area contributed by atoms with E-state index in [-0.39, 0.29) is 6.10 Å². The third kappa shape index (κ3) is 2.61. The van der Waals surface area contributed by atoms with Crippen LogP contribution < -0.4 is 10.1 Å². The number of fused-ring (bicyclic) bond motifs is 1.